The van der Waals surface area contributed by atoms with Crippen molar-refractivity contribution in [2.24, 2.45) is 0 Å². The largest absolute Gasteiger partial charge is 0.493 e. The first-order chi connectivity index (χ1) is 11.1. The van der Waals surface area contributed by atoms with Crippen molar-refractivity contribution in [1.82, 2.24) is 0 Å². The number of hydrogen-bond donors (Lipinski definition) is 1. The van der Waals surface area contributed by atoms with Gasteiger partial charge in [-0.15, -0.1) is 0 Å². The number of halogens is 1. The number of nitrogens with one attached hydrogen (secondary N) is 1. The number of rotatable bonds is 5. The Hall–Kier alpha value is -2.77. The zero-order valence-electron chi connectivity index (χ0n) is 12.5. The van der Waals surface area contributed by atoms with Gasteiger partial charge < -0.3 is 10.1 Å². The summed E-state index contributed by atoms with van der Waals surface area (Å²) >= 11 is 5.98. The van der Waals surface area contributed by atoms with E-state index in [0.717, 1.165) is 0 Å². The molecule has 0 unspecified atom stereocenters. The Bertz CT molecular complexity index is 764. The zero-order valence-corrected chi connectivity index (χ0v) is 13.3. The summed E-state index contributed by atoms with van der Waals surface area (Å²) in [5, 5.41) is 12.4. The van der Waals surface area contributed by atoms with Crippen LogP contribution in [0.15, 0.2) is 54.1 Å². The summed E-state index contributed by atoms with van der Waals surface area (Å²) in [4.78, 5) is 12.2. The third kappa shape index (κ3) is 4.60. The maximum absolute atomic E-state index is 12.2. The van der Waals surface area contributed by atoms with Gasteiger partial charge in [-0.3, -0.25) is 4.79 Å². The molecule has 4 nitrogen and oxygen atoms in total. The Balaban J connectivity index is 2.30. The number of benzene rings is 2. The number of nitrogens with zero attached hydrogens (tertiary/aromatic N) is 1. The van der Waals surface area contributed by atoms with E-state index in [0.29, 0.717) is 28.6 Å². The number of anilines is 1. The third-order valence-corrected chi connectivity index (χ3v) is 3.20. The quantitative estimate of drug-likeness (QED) is 0.658. The van der Waals surface area contributed by atoms with Crippen LogP contribution in [-0.4, -0.2) is 12.5 Å². The first-order valence-electron chi connectivity index (χ1n) is 7.04. The van der Waals surface area contributed by atoms with Crippen molar-refractivity contribution in [2.45, 2.75) is 6.92 Å². The second-order valence-electron chi connectivity index (χ2n) is 4.61. The minimum absolute atomic E-state index is 0.0305. The highest BCUT2D eigenvalue weighted by Gasteiger charge is 2.11. The lowest BCUT2D eigenvalue weighted by Crippen LogP contribution is -2.13. The minimum Gasteiger partial charge on any atom is -0.493 e. The molecule has 0 aliphatic carbocycles. The summed E-state index contributed by atoms with van der Waals surface area (Å²) in [6.45, 7) is 2.33. The molecule has 0 fully saturated rings. The number of para-hydroxylation sites is 1. The van der Waals surface area contributed by atoms with Crippen LogP contribution in [0.1, 0.15) is 12.5 Å². The zero-order chi connectivity index (χ0) is 16.7. The van der Waals surface area contributed by atoms with Gasteiger partial charge in [0.2, 0.25) is 0 Å². The minimum atomic E-state index is -0.485. The van der Waals surface area contributed by atoms with Gasteiger partial charge in [0.05, 0.1) is 6.61 Å². The van der Waals surface area contributed by atoms with Crippen LogP contribution in [0.3, 0.4) is 0 Å². The van der Waals surface area contributed by atoms with E-state index < -0.39 is 5.91 Å². The highest BCUT2D eigenvalue weighted by atomic mass is 35.5. The first-order valence-corrected chi connectivity index (χ1v) is 7.42. The maximum Gasteiger partial charge on any atom is 0.266 e. The maximum atomic E-state index is 12.2. The van der Waals surface area contributed by atoms with Gasteiger partial charge in [-0.25, -0.2) is 0 Å². The molecule has 1 amide bonds. The van der Waals surface area contributed by atoms with Gasteiger partial charge >= 0.3 is 0 Å². The van der Waals surface area contributed by atoms with Crippen molar-refractivity contribution in [3.8, 4) is 11.8 Å². The van der Waals surface area contributed by atoms with Crippen LogP contribution in [-0.2, 0) is 4.79 Å². The molecule has 2 aromatic carbocycles. The third-order valence-electron chi connectivity index (χ3n) is 2.97. The molecule has 0 bridgehead atoms. The van der Waals surface area contributed by atoms with E-state index in [-0.39, 0.29) is 5.57 Å². The molecule has 0 atom stereocenters. The molecule has 0 saturated heterocycles. The molecule has 23 heavy (non-hydrogen) atoms. The summed E-state index contributed by atoms with van der Waals surface area (Å²) in [6, 6.07) is 15.9. The van der Waals surface area contributed by atoms with E-state index in [1.54, 1.807) is 42.5 Å². The fourth-order valence-electron chi connectivity index (χ4n) is 1.94. The van der Waals surface area contributed by atoms with Crippen molar-refractivity contribution >= 4 is 29.3 Å². The molecular formula is C18H15ClN2O2. The van der Waals surface area contributed by atoms with Gasteiger partial charge in [-0.05, 0) is 43.3 Å². The second kappa shape index (κ2) is 8.02. The smallest absolute Gasteiger partial charge is 0.266 e. The van der Waals surface area contributed by atoms with Crippen molar-refractivity contribution in [3.05, 3.63) is 64.7 Å². The van der Waals surface area contributed by atoms with E-state index in [2.05, 4.69) is 5.32 Å². The molecule has 0 aliphatic rings. The topological polar surface area (TPSA) is 62.1 Å². The van der Waals surface area contributed by atoms with E-state index in [1.165, 1.54) is 6.08 Å². The van der Waals surface area contributed by atoms with Crippen LogP contribution in [0.5, 0.6) is 5.75 Å². The van der Waals surface area contributed by atoms with Crippen LogP contribution in [0.2, 0.25) is 5.02 Å². The lowest BCUT2D eigenvalue weighted by atomic mass is 10.1. The lowest BCUT2D eigenvalue weighted by Gasteiger charge is -2.08. The van der Waals surface area contributed by atoms with Gasteiger partial charge in [0, 0.05) is 16.3 Å². The molecule has 5 heteroatoms. The Morgan fingerprint density at radius 3 is 2.70 bits per heavy atom. The Kier molecular flexibility index (Phi) is 5.79. The van der Waals surface area contributed by atoms with Crippen LogP contribution in [0.4, 0.5) is 5.69 Å². The number of amides is 1. The van der Waals surface area contributed by atoms with Gasteiger partial charge in [0.25, 0.3) is 5.91 Å². The standard InChI is InChI=1S/C18H15ClN2O2/c1-2-23-17-9-8-15(19)11-13(17)10-14(12-20)18(22)21-16-6-4-3-5-7-16/h3-11H,2H2,1H3,(H,21,22)/b14-10+. The lowest BCUT2D eigenvalue weighted by molar-refractivity contribution is -0.112. The number of hydrogen-bond acceptors (Lipinski definition) is 3. The van der Waals surface area contributed by atoms with Gasteiger partial charge in [-0.2, -0.15) is 5.26 Å². The predicted octanol–water partition coefficient (Wildman–Crippen LogP) is 4.28. The second-order valence-corrected chi connectivity index (χ2v) is 5.04. The monoisotopic (exact) mass is 326 g/mol. The van der Waals surface area contributed by atoms with E-state index in [1.807, 2.05) is 19.1 Å². The highest BCUT2D eigenvalue weighted by molar-refractivity contribution is 6.30. The van der Waals surface area contributed by atoms with Crippen molar-refractivity contribution < 1.29 is 9.53 Å². The van der Waals surface area contributed by atoms with Crippen molar-refractivity contribution in [1.29, 1.82) is 5.26 Å². The number of carbonyl (C=O) groups excluding carboxylic acids is 1. The summed E-state index contributed by atoms with van der Waals surface area (Å²) in [5.41, 5.74) is 1.17. The summed E-state index contributed by atoms with van der Waals surface area (Å²) < 4.78 is 5.49. The fourth-order valence-corrected chi connectivity index (χ4v) is 2.12. The molecule has 0 aromatic heterocycles. The number of nitriles is 1. The molecule has 0 spiro atoms. The van der Waals surface area contributed by atoms with E-state index >= 15 is 0 Å². The van der Waals surface area contributed by atoms with Crippen LogP contribution < -0.4 is 10.1 Å². The SMILES string of the molecule is CCOc1ccc(Cl)cc1/C=C(\C#N)C(=O)Nc1ccccc1. The van der Waals surface area contributed by atoms with E-state index in [4.69, 9.17) is 16.3 Å². The summed E-state index contributed by atoms with van der Waals surface area (Å²) in [7, 11) is 0. The van der Waals surface area contributed by atoms with Crippen LogP contribution in [0, 0.1) is 11.3 Å². The average molecular weight is 327 g/mol. The van der Waals surface area contributed by atoms with Crippen molar-refractivity contribution in [2.75, 3.05) is 11.9 Å². The highest BCUT2D eigenvalue weighted by Crippen LogP contribution is 2.25. The van der Waals surface area contributed by atoms with Crippen LogP contribution >= 0.6 is 11.6 Å². The molecule has 116 valence electrons. The fraction of sp³-hybridized carbons (Fsp3) is 0.111. The predicted molar refractivity (Wildman–Crippen MR) is 91.3 cm³/mol. The summed E-state index contributed by atoms with van der Waals surface area (Å²) in [5.74, 6) is 0.0817. The molecule has 2 aromatic rings. The Morgan fingerprint density at radius 2 is 2.04 bits per heavy atom. The van der Waals surface area contributed by atoms with E-state index in [9.17, 15) is 10.1 Å². The van der Waals surface area contributed by atoms with Gasteiger partial charge in [0.1, 0.15) is 17.4 Å². The normalized spacial score (nSPS) is 10.7. The van der Waals surface area contributed by atoms with Gasteiger partial charge in [-0.1, -0.05) is 29.8 Å². The molecule has 2 rings (SSSR count). The molecule has 1 N–H and O–H groups in total. The van der Waals surface area contributed by atoms with Crippen LogP contribution in [0.25, 0.3) is 6.08 Å². The number of ether oxygens (including phenoxy) is 1. The molecule has 0 saturated carbocycles. The molecule has 0 heterocycles. The van der Waals surface area contributed by atoms with Crippen molar-refractivity contribution in [3.63, 3.8) is 0 Å². The molecular weight excluding hydrogens is 312 g/mol. The van der Waals surface area contributed by atoms with Gasteiger partial charge in [0.15, 0.2) is 0 Å². The summed E-state index contributed by atoms with van der Waals surface area (Å²) in [6.07, 6.45) is 1.47. The first kappa shape index (κ1) is 16.6. The molecule has 0 radical (unpaired) electrons. The number of carbonyl (C=O) groups is 1. The Labute approximate surface area is 140 Å². The average Bonchev–Trinajstić information content (AvgIpc) is 2.55. The Morgan fingerprint density at radius 1 is 1.30 bits per heavy atom. The molecule has 0 aliphatic heterocycles.